The molecule has 24 heavy (non-hydrogen) atoms. The van der Waals surface area contributed by atoms with E-state index in [4.69, 9.17) is 11.6 Å². The van der Waals surface area contributed by atoms with Crippen molar-refractivity contribution >= 4 is 35.3 Å². The summed E-state index contributed by atoms with van der Waals surface area (Å²) in [6.45, 7) is 4.55. The van der Waals surface area contributed by atoms with Crippen molar-refractivity contribution in [2.75, 3.05) is 13.1 Å². The molecule has 2 aromatic rings. The van der Waals surface area contributed by atoms with Gasteiger partial charge in [-0.1, -0.05) is 29.4 Å². The van der Waals surface area contributed by atoms with Gasteiger partial charge in [-0.05, 0) is 31.5 Å². The summed E-state index contributed by atoms with van der Waals surface area (Å²) in [6.07, 6.45) is 1.57. The van der Waals surface area contributed by atoms with Gasteiger partial charge in [-0.15, -0.1) is 10.2 Å². The predicted molar refractivity (Wildman–Crippen MR) is 91.5 cm³/mol. The second-order valence-electron chi connectivity index (χ2n) is 5.40. The smallest absolute Gasteiger partial charge is 0.324 e. The molecule has 0 aliphatic carbocycles. The largest absolute Gasteiger partial charge is 0.336 e. The number of benzene rings is 1. The topological polar surface area (TPSA) is 80.1 Å². The Morgan fingerprint density at radius 1 is 1.46 bits per heavy atom. The van der Waals surface area contributed by atoms with Gasteiger partial charge in [0.05, 0.1) is 10.9 Å². The molecule has 7 nitrogen and oxygen atoms in total. The van der Waals surface area contributed by atoms with E-state index in [0.29, 0.717) is 23.3 Å². The van der Waals surface area contributed by atoms with Crippen LogP contribution < -0.4 is 5.32 Å². The Morgan fingerprint density at radius 2 is 2.25 bits per heavy atom. The zero-order valence-corrected chi connectivity index (χ0v) is 14.8. The molecular weight excluding hydrogens is 350 g/mol. The van der Waals surface area contributed by atoms with Crippen LogP contribution in [-0.4, -0.2) is 49.9 Å². The number of imide groups is 1. The summed E-state index contributed by atoms with van der Waals surface area (Å²) in [4.78, 5) is 25.2. The zero-order valence-electron chi connectivity index (χ0n) is 13.2. The molecule has 1 aliphatic rings. The molecule has 3 rings (SSSR count). The van der Waals surface area contributed by atoms with Gasteiger partial charge in [0.2, 0.25) is 5.91 Å². The van der Waals surface area contributed by atoms with Crippen LogP contribution in [0.3, 0.4) is 0 Å². The molecule has 1 aromatic heterocycles. The lowest BCUT2D eigenvalue weighted by molar-refractivity contribution is -0.126. The molecule has 1 N–H and O–H groups in total. The van der Waals surface area contributed by atoms with Crippen molar-refractivity contribution < 1.29 is 9.59 Å². The molecule has 0 spiro atoms. The highest BCUT2D eigenvalue weighted by atomic mass is 35.5. The number of carbonyl (C=O) groups excluding carboxylic acids is 2. The molecule has 9 heteroatoms. The fourth-order valence-electron chi connectivity index (χ4n) is 2.32. The minimum Gasteiger partial charge on any atom is -0.336 e. The molecule has 1 saturated heterocycles. The number of hydrogen-bond donors (Lipinski definition) is 1. The van der Waals surface area contributed by atoms with Gasteiger partial charge in [-0.2, -0.15) is 0 Å². The minimum absolute atomic E-state index is 0.244. The van der Waals surface area contributed by atoms with Gasteiger partial charge in [0, 0.05) is 18.1 Å². The first kappa shape index (κ1) is 16.8. The lowest BCUT2D eigenvalue weighted by atomic mass is 10.2. The summed E-state index contributed by atoms with van der Waals surface area (Å²) in [5.41, 5.74) is 1.79. The van der Waals surface area contributed by atoms with Crippen molar-refractivity contribution in [3.05, 3.63) is 35.1 Å². The van der Waals surface area contributed by atoms with E-state index >= 15 is 0 Å². The maximum absolute atomic E-state index is 12.4. The van der Waals surface area contributed by atoms with Crippen LogP contribution in [-0.2, 0) is 4.79 Å². The number of amides is 3. The highest BCUT2D eigenvalue weighted by Gasteiger charge is 2.31. The third-order valence-corrected chi connectivity index (χ3v) is 5.15. The Hall–Kier alpha value is -2.06. The second kappa shape index (κ2) is 6.82. The van der Waals surface area contributed by atoms with Crippen molar-refractivity contribution in [2.45, 2.75) is 24.3 Å². The minimum atomic E-state index is -0.460. The van der Waals surface area contributed by atoms with Gasteiger partial charge < -0.3 is 5.32 Å². The normalized spacial score (nSPS) is 15.5. The summed E-state index contributed by atoms with van der Waals surface area (Å²) >= 11 is 7.43. The molecule has 1 aliphatic heterocycles. The lowest BCUT2D eigenvalue weighted by Crippen LogP contribution is -2.39. The van der Waals surface area contributed by atoms with Gasteiger partial charge >= 0.3 is 6.03 Å². The fraction of sp³-hybridized carbons (Fsp3) is 0.333. The van der Waals surface area contributed by atoms with Gasteiger partial charge in [0.15, 0.2) is 5.16 Å². The quantitative estimate of drug-likeness (QED) is 0.840. The van der Waals surface area contributed by atoms with Crippen LogP contribution in [0, 0.1) is 6.92 Å². The number of thioether (sulfide) groups is 1. The maximum atomic E-state index is 12.4. The number of nitrogens with zero attached hydrogens (tertiary/aromatic N) is 4. The highest BCUT2D eigenvalue weighted by molar-refractivity contribution is 8.00. The molecule has 0 saturated carbocycles. The molecule has 0 bridgehead atoms. The van der Waals surface area contributed by atoms with E-state index in [1.807, 2.05) is 25.1 Å². The van der Waals surface area contributed by atoms with Crippen LogP contribution in [0.1, 0.15) is 12.5 Å². The Bertz CT molecular complexity index is 794. The van der Waals surface area contributed by atoms with Crippen molar-refractivity contribution in [3.63, 3.8) is 0 Å². The maximum Gasteiger partial charge on any atom is 0.324 e. The van der Waals surface area contributed by atoms with Crippen molar-refractivity contribution in [1.29, 1.82) is 0 Å². The van der Waals surface area contributed by atoms with Crippen LogP contribution in [0.25, 0.3) is 5.69 Å². The second-order valence-corrected chi connectivity index (χ2v) is 7.11. The number of urea groups is 1. The Balaban J connectivity index is 1.79. The number of carbonyl (C=O) groups is 2. The molecule has 2 heterocycles. The van der Waals surface area contributed by atoms with Crippen LogP contribution in [0.4, 0.5) is 4.79 Å². The first-order valence-corrected chi connectivity index (χ1v) is 8.65. The number of nitrogens with one attached hydrogen (secondary N) is 1. The van der Waals surface area contributed by atoms with E-state index in [9.17, 15) is 9.59 Å². The number of aryl methyl sites for hydroxylation is 1. The molecular formula is C15H16ClN5O2S. The molecule has 3 amide bonds. The van der Waals surface area contributed by atoms with E-state index in [-0.39, 0.29) is 11.9 Å². The molecule has 1 unspecified atom stereocenters. The standard InChI is InChI=1S/C15H16ClN5O2S/c1-9-3-4-11(7-12(9)16)21-8-18-19-15(21)24-10(2)13(22)20-6-5-17-14(20)23/h3-4,7-8,10H,5-6H2,1-2H3,(H,17,23). The summed E-state index contributed by atoms with van der Waals surface area (Å²) in [7, 11) is 0. The Labute approximate surface area is 148 Å². The third-order valence-electron chi connectivity index (χ3n) is 3.70. The SMILES string of the molecule is Cc1ccc(-n2cnnc2SC(C)C(=O)N2CCNC2=O)cc1Cl. The lowest BCUT2D eigenvalue weighted by Gasteiger charge is -2.17. The van der Waals surface area contributed by atoms with E-state index in [1.165, 1.54) is 16.7 Å². The van der Waals surface area contributed by atoms with Gasteiger partial charge in [0.25, 0.3) is 0 Å². The summed E-state index contributed by atoms with van der Waals surface area (Å²) in [5, 5.41) is 11.4. The van der Waals surface area contributed by atoms with Gasteiger partial charge in [-0.3, -0.25) is 14.3 Å². The van der Waals surface area contributed by atoms with Crippen molar-refractivity contribution in [1.82, 2.24) is 25.0 Å². The van der Waals surface area contributed by atoms with Crippen LogP contribution in [0.2, 0.25) is 5.02 Å². The van der Waals surface area contributed by atoms with E-state index < -0.39 is 5.25 Å². The van der Waals surface area contributed by atoms with Crippen molar-refractivity contribution in [2.24, 2.45) is 0 Å². The predicted octanol–water partition coefficient (Wildman–Crippen LogP) is 2.26. The highest BCUT2D eigenvalue weighted by Crippen LogP contribution is 2.27. The molecule has 1 aromatic carbocycles. The van der Waals surface area contributed by atoms with Gasteiger partial charge in [-0.25, -0.2) is 4.79 Å². The van der Waals surface area contributed by atoms with E-state index in [0.717, 1.165) is 11.3 Å². The van der Waals surface area contributed by atoms with Crippen LogP contribution in [0.15, 0.2) is 29.7 Å². The van der Waals surface area contributed by atoms with E-state index in [2.05, 4.69) is 15.5 Å². The number of aromatic nitrogens is 3. The van der Waals surface area contributed by atoms with E-state index in [1.54, 1.807) is 17.8 Å². The summed E-state index contributed by atoms with van der Waals surface area (Å²) in [5.74, 6) is -0.244. The van der Waals surface area contributed by atoms with Crippen LogP contribution in [0.5, 0.6) is 0 Å². The fourth-order valence-corrected chi connectivity index (χ4v) is 3.40. The Morgan fingerprint density at radius 3 is 2.92 bits per heavy atom. The Kier molecular flexibility index (Phi) is 4.77. The summed E-state index contributed by atoms with van der Waals surface area (Å²) in [6, 6.07) is 5.30. The van der Waals surface area contributed by atoms with Crippen molar-refractivity contribution in [3.8, 4) is 5.69 Å². The van der Waals surface area contributed by atoms with Crippen LogP contribution >= 0.6 is 23.4 Å². The molecule has 1 fully saturated rings. The number of hydrogen-bond acceptors (Lipinski definition) is 5. The third kappa shape index (κ3) is 3.25. The average molecular weight is 366 g/mol. The molecule has 126 valence electrons. The monoisotopic (exact) mass is 365 g/mol. The molecule has 1 atom stereocenters. The first-order chi connectivity index (χ1) is 11.5. The first-order valence-electron chi connectivity index (χ1n) is 7.40. The zero-order chi connectivity index (χ0) is 17.3. The number of rotatable bonds is 4. The summed E-state index contributed by atoms with van der Waals surface area (Å²) < 4.78 is 1.77. The number of halogens is 1. The van der Waals surface area contributed by atoms with Gasteiger partial charge in [0.1, 0.15) is 6.33 Å². The molecule has 0 radical (unpaired) electrons. The average Bonchev–Trinajstić information content (AvgIpc) is 3.18.